The summed E-state index contributed by atoms with van der Waals surface area (Å²) in [6.45, 7) is 10.7. The minimum absolute atomic E-state index is 0.506. The lowest BCUT2D eigenvalue weighted by Crippen LogP contribution is -2.06. The fourth-order valence-electron chi connectivity index (χ4n) is 2.59. The number of nitrogens with zero attached hydrogens (tertiary/aromatic N) is 3. The summed E-state index contributed by atoms with van der Waals surface area (Å²) in [7, 11) is 0. The molecule has 0 amide bonds. The van der Waals surface area contributed by atoms with Crippen LogP contribution in [-0.2, 0) is 12.8 Å². The lowest BCUT2D eigenvalue weighted by molar-refractivity contribution is 0.769. The first-order valence-corrected chi connectivity index (χ1v) is 9.31. The van der Waals surface area contributed by atoms with Gasteiger partial charge in [-0.05, 0) is 55.4 Å². The zero-order valence-corrected chi connectivity index (χ0v) is 16.1. The zero-order chi connectivity index (χ0) is 18.2. The van der Waals surface area contributed by atoms with Crippen molar-refractivity contribution in [2.45, 2.75) is 66.2 Å². The Kier molecular flexibility index (Phi) is 7.11. The summed E-state index contributed by atoms with van der Waals surface area (Å²) in [5.74, 6) is 1.09. The van der Waals surface area contributed by atoms with Gasteiger partial charge < -0.3 is 0 Å². The summed E-state index contributed by atoms with van der Waals surface area (Å²) in [5, 5.41) is 4.50. The van der Waals surface area contributed by atoms with E-state index in [1.165, 1.54) is 5.56 Å². The predicted octanol–water partition coefficient (Wildman–Crippen LogP) is 5.34. The van der Waals surface area contributed by atoms with Crippen LogP contribution >= 0.6 is 0 Å². The molecular weight excluding hydrogens is 308 g/mol. The van der Waals surface area contributed by atoms with Gasteiger partial charge in [-0.2, -0.15) is 5.10 Å². The van der Waals surface area contributed by atoms with E-state index >= 15 is 0 Å². The molecule has 0 fully saturated rings. The number of aryl methyl sites for hydroxylation is 2. The van der Waals surface area contributed by atoms with E-state index in [1.807, 2.05) is 6.92 Å². The number of rotatable bonds is 8. The van der Waals surface area contributed by atoms with Crippen LogP contribution in [0.2, 0.25) is 0 Å². The Morgan fingerprint density at radius 2 is 1.88 bits per heavy atom. The highest BCUT2D eigenvalue weighted by molar-refractivity contribution is 5.99. The Labute approximate surface area is 151 Å². The molecule has 4 nitrogen and oxygen atoms in total. The lowest BCUT2D eigenvalue weighted by atomic mass is 9.99. The summed E-state index contributed by atoms with van der Waals surface area (Å²) in [6.07, 6.45) is 4.19. The van der Waals surface area contributed by atoms with Crippen molar-refractivity contribution in [2.75, 3.05) is 5.43 Å². The molecule has 1 N–H and O–H groups in total. The van der Waals surface area contributed by atoms with Crippen molar-refractivity contribution >= 4 is 11.7 Å². The Hall–Kier alpha value is -2.23. The number of benzene rings is 1. The quantitative estimate of drug-likeness (QED) is 0.522. The SMILES string of the molecule is CCCCc1cc(CC)nc(NN=C(C)c2cccc(C(C)C)c2)n1. The third-order valence-electron chi connectivity index (χ3n) is 4.28. The van der Waals surface area contributed by atoms with Crippen LogP contribution in [-0.4, -0.2) is 15.7 Å². The molecule has 1 aromatic heterocycles. The number of hydrogen-bond acceptors (Lipinski definition) is 4. The lowest BCUT2D eigenvalue weighted by Gasteiger charge is -2.09. The van der Waals surface area contributed by atoms with Crippen molar-refractivity contribution < 1.29 is 0 Å². The van der Waals surface area contributed by atoms with Crippen LogP contribution in [0, 0.1) is 0 Å². The van der Waals surface area contributed by atoms with Crippen LogP contribution in [0.5, 0.6) is 0 Å². The summed E-state index contributed by atoms with van der Waals surface area (Å²) < 4.78 is 0. The van der Waals surface area contributed by atoms with E-state index in [0.717, 1.165) is 48.3 Å². The zero-order valence-electron chi connectivity index (χ0n) is 16.1. The molecule has 0 aliphatic heterocycles. The molecule has 25 heavy (non-hydrogen) atoms. The molecule has 1 aromatic carbocycles. The van der Waals surface area contributed by atoms with Crippen molar-refractivity contribution in [1.29, 1.82) is 0 Å². The minimum atomic E-state index is 0.506. The predicted molar refractivity (Wildman–Crippen MR) is 106 cm³/mol. The van der Waals surface area contributed by atoms with E-state index in [2.05, 4.69) is 78.5 Å². The largest absolute Gasteiger partial charge is 0.245 e. The second-order valence-electron chi connectivity index (χ2n) is 6.72. The molecule has 0 bridgehead atoms. The van der Waals surface area contributed by atoms with E-state index < -0.39 is 0 Å². The third kappa shape index (κ3) is 5.66. The van der Waals surface area contributed by atoms with Gasteiger partial charge in [-0.3, -0.25) is 0 Å². The summed E-state index contributed by atoms with van der Waals surface area (Å²) >= 11 is 0. The van der Waals surface area contributed by atoms with Crippen LogP contribution in [0.3, 0.4) is 0 Å². The standard InChI is InChI=1S/C21H30N4/c1-6-8-12-20-14-19(7-2)22-21(23-20)25-24-16(5)18-11-9-10-17(13-18)15(3)4/h9-11,13-15H,6-8,12H2,1-5H3,(H,22,23,25). The highest BCUT2D eigenvalue weighted by Crippen LogP contribution is 2.16. The minimum Gasteiger partial charge on any atom is -0.245 e. The molecule has 0 aliphatic rings. The van der Waals surface area contributed by atoms with Crippen LogP contribution in [0.1, 0.15) is 75.9 Å². The maximum atomic E-state index is 4.60. The van der Waals surface area contributed by atoms with Gasteiger partial charge in [0.2, 0.25) is 5.95 Å². The van der Waals surface area contributed by atoms with Gasteiger partial charge in [-0.25, -0.2) is 15.4 Å². The van der Waals surface area contributed by atoms with Gasteiger partial charge in [0.25, 0.3) is 0 Å². The third-order valence-corrected chi connectivity index (χ3v) is 4.28. The van der Waals surface area contributed by atoms with E-state index in [-0.39, 0.29) is 0 Å². The summed E-state index contributed by atoms with van der Waals surface area (Å²) in [5.41, 5.74) is 8.56. The molecule has 134 valence electrons. The first-order chi connectivity index (χ1) is 12.0. The van der Waals surface area contributed by atoms with Gasteiger partial charge in [0.1, 0.15) is 0 Å². The highest BCUT2D eigenvalue weighted by Gasteiger charge is 2.05. The van der Waals surface area contributed by atoms with Gasteiger partial charge in [-0.15, -0.1) is 0 Å². The molecule has 4 heteroatoms. The Balaban J connectivity index is 2.18. The Morgan fingerprint density at radius 1 is 1.12 bits per heavy atom. The molecule has 0 aliphatic carbocycles. The molecular formula is C21H30N4. The first-order valence-electron chi connectivity index (χ1n) is 9.31. The number of anilines is 1. The average molecular weight is 338 g/mol. The maximum absolute atomic E-state index is 4.60. The molecule has 2 aromatic rings. The van der Waals surface area contributed by atoms with E-state index in [1.54, 1.807) is 0 Å². The number of nitrogens with one attached hydrogen (secondary N) is 1. The number of hydrogen-bond donors (Lipinski definition) is 1. The molecule has 0 saturated carbocycles. The topological polar surface area (TPSA) is 50.2 Å². The second kappa shape index (κ2) is 9.30. The smallest absolute Gasteiger partial charge is 0.243 e. The van der Waals surface area contributed by atoms with Gasteiger partial charge in [-0.1, -0.05) is 52.3 Å². The molecule has 2 rings (SSSR count). The van der Waals surface area contributed by atoms with Gasteiger partial charge >= 0.3 is 0 Å². The van der Waals surface area contributed by atoms with Gasteiger partial charge in [0.05, 0.1) is 5.71 Å². The number of unbranched alkanes of at least 4 members (excludes halogenated alkanes) is 1. The van der Waals surface area contributed by atoms with Gasteiger partial charge in [0.15, 0.2) is 0 Å². The van der Waals surface area contributed by atoms with E-state index in [4.69, 9.17) is 0 Å². The summed E-state index contributed by atoms with van der Waals surface area (Å²) in [6, 6.07) is 10.6. The first kappa shape index (κ1) is 19.1. The van der Waals surface area contributed by atoms with E-state index in [9.17, 15) is 0 Å². The van der Waals surface area contributed by atoms with Crippen LogP contribution in [0.15, 0.2) is 35.4 Å². The Morgan fingerprint density at radius 3 is 2.56 bits per heavy atom. The second-order valence-corrected chi connectivity index (χ2v) is 6.72. The Bertz CT molecular complexity index is 720. The number of hydrazone groups is 1. The summed E-state index contributed by atoms with van der Waals surface area (Å²) in [4.78, 5) is 9.14. The van der Waals surface area contributed by atoms with Crippen molar-refractivity contribution in [3.8, 4) is 0 Å². The molecule has 0 saturated heterocycles. The maximum Gasteiger partial charge on any atom is 0.243 e. The molecule has 1 heterocycles. The van der Waals surface area contributed by atoms with Crippen molar-refractivity contribution in [3.05, 3.63) is 52.8 Å². The average Bonchev–Trinajstić information content (AvgIpc) is 2.64. The van der Waals surface area contributed by atoms with Crippen LogP contribution < -0.4 is 5.43 Å². The highest BCUT2D eigenvalue weighted by atomic mass is 15.4. The molecule has 0 radical (unpaired) electrons. The molecule has 0 unspecified atom stereocenters. The van der Waals surface area contributed by atoms with Gasteiger partial charge in [0, 0.05) is 11.4 Å². The molecule has 0 atom stereocenters. The van der Waals surface area contributed by atoms with Crippen molar-refractivity contribution in [3.63, 3.8) is 0 Å². The van der Waals surface area contributed by atoms with Crippen molar-refractivity contribution in [1.82, 2.24) is 9.97 Å². The monoisotopic (exact) mass is 338 g/mol. The van der Waals surface area contributed by atoms with Crippen LogP contribution in [0.4, 0.5) is 5.95 Å². The van der Waals surface area contributed by atoms with Crippen molar-refractivity contribution in [2.24, 2.45) is 5.10 Å². The normalized spacial score (nSPS) is 11.8. The van der Waals surface area contributed by atoms with Crippen LogP contribution in [0.25, 0.3) is 0 Å². The fraction of sp³-hybridized carbons (Fsp3) is 0.476. The molecule has 0 spiro atoms. The fourth-order valence-corrected chi connectivity index (χ4v) is 2.59. The van der Waals surface area contributed by atoms with E-state index in [0.29, 0.717) is 11.9 Å². The number of aromatic nitrogens is 2.